The third kappa shape index (κ3) is 4.85. The zero-order valence-electron chi connectivity index (χ0n) is 18.1. The third-order valence-corrected chi connectivity index (χ3v) is 5.61. The topological polar surface area (TPSA) is 58.6 Å². The first kappa shape index (κ1) is 20.8. The van der Waals surface area contributed by atoms with Crippen molar-refractivity contribution in [1.82, 2.24) is 15.1 Å². The number of carbonyl (C=O) groups excluding carboxylic acids is 1. The van der Waals surface area contributed by atoms with Crippen molar-refractivity contribution in [2.45, 2.75) is 20.3 Å². The monoisotopic (exact) mass is 416 g/mol. The van der Waals surface area contributed by atoms with Crippen LogP contribution < -0.4 is 9.64 Å². The molecule has 160 valence electrons. The number of hydrogen-bond acceptors (Lipinski definition) is 5. The highest BCUT2D eigenvalue weighted by atomic mass is 16.5. The fraction of sp³-hybridized carbons (Fsp3) is 0.320. The molecule has 31 heavy (non-hydrogen) atoms. The highest BCUT2D eigenvalue weighted by Crippen LogP contribution is 2.21. The molecule has 1 aliphatic rings. The highest BCUT2D eigenvalue weighted by Gasteiger charge is 2.23. The number of rotatable bonds is 6. The third-order valence-electron chi connectivity index (χ3n) is 5.61. The van der Waals surface area contributed by atoms with Crippen LogP contribution in [0, 0.1) is 0 Å². The van der Waals surface area contributed by atoms with Gasteiger partial charge in [-0.15, -0.1) is 10.2 Å². The van der Waals surface area contributed by atoms with E-state index in [1.165, 1.54) is 5.56 Å². The Morgan fingerprint density at radius 2 is 1.58 bits per heavy atom. The molecule has 0 aliphatic carbocycles. The number of ether oxygens (including phenoxy) is 1. The first-order valence-corrected chi connectivity index (χ1v) is 10.9. The molecule has 3 aromatic rings. The fourth-order valence-electron chi connectivity index (χ4n) is 3.74. The van der Waals surface area contributed by atoms with Crippen LogP contribution in [0.25, 0.3) is 11.3 Å². The lowest BCUT2D eigenvalue weighted by Crippen LogP contribution is -2.49. The molecule has 0 saturated carbocycles. The molecule has 0 spiro atoms. The van der Waals surface area contributed by atoms with Gasteiger partial charge in [0, 0.05) is 37.3 Å². The van der Waals surface area contributed by atoms with Gasteiger partial charge in [-0.2, -0.15) is 0 Å². The van der Waals surface area contributed by atoms with Gasteiger partial charge in [-0.3, -0.25) is 4.79 Å². The van der Waals surface area contributed by atoms with Crippen LogP contribution in [0.4, 0.5) is 5.82 Å². The number of hydrogen-bond donors (Lipinski definition) is 0. The first-order valence-electron chi connectivity index (χ1n) is 10.9. The largest absolute Gasteiger partial charge is 0.494 e. The fourth-order valence-corrected chi connectivity index (χ4v) is 3.74. The van der Waals surface area contributed by atoms with E-state index in [9.17, 15) is 4.79 Å². The minimum Gasteiger partial charge on any atom is -0.494 e. The van der Waals surface area contributed by atoms with E-state index in [1.54, 1.807) is 0 Å². The van der Waals surface area contributed by atoms with Gasteiger partial charge in [-0.1, -0.05) is 31.2 Å². The Morgan fingerprint density at radius 3 is 2.16 bits per heavy atom. The van der Waals surface area contributed by atoms with Gasteiger partial charge in [0.25, 0.3) is 5.91 Å². The van der Waals surface area contributed by atoms with Crippen molar-refractivity contribution in [2.24, 2.45) is 0 Å². The maximum Gasteiger partial charge on any atom is 0.253 e. The Kier molecular flexibility index (Phi) is 6.46. The van der Waals surface area contributed by atoms with Gasteiger partial charge in [-0.05, 0) is 55.3 Å². The van der Waals surface area contributed by atoms with Crippen LogP contribution in [-0.4, -0.2) is 53.8 Å². The van der Waals surface area contributed by atoms with E-state index in [2.05, 4.69) is 46.3 Å². The molecule has 0 radical (unpaired) electrons. The number of benzene rings is 2. The summed E-state index contributed by atoms with van der Waals surface area (Å²) in [5, 5.41) is 8.86. The minimum absolute atomic E-state index is 0.0552. The molecular weight excluding hydrogens is 388 g/mol. The SMILES string of the molecule is CCOc1ccc(C(=O)N2CCN(c3ccc(-c4ccc(CC)cc4)nn3)CC2)cc1. The van der Waals surface area contributed by atoms with Gasteiger partial charge < -0.3 is 14.5 Å². The van der Waals surface area contributed by atoms with E-state index in [1.807, 2.05) is 48.2 Å². The van der Waals surface area contributed by atoms with Crippen molar-refractivity contribution in [3.05, 3.63) is 71.8 Å². The molecule has 6 heteroatoms. The molecule has 1 aromatic heterocycles. The normalized spacial score (nSPS) is 13.9. The number of piperazine rings is 1. The van der Waals surface area contributed by atoms with Crippen molar-refractivity contribution in [3.63, 3.8) is 0 Å². The lowest BCUT2D eigenvalue weighted by atomic mass is 10.1. The predicted octanol–water partition coefficient (Wildman–Crippen LogP) is 4.07. The number of nitrogens with zero attached hydrogens (tertiary/aromatic N) is 4. The van der Waals surface area contributed by atoms with Crippen molar-refractivity contribution >= 4 is 11.7 Å². The maximum atomic E-state index is 12.8. The van der Waals surface area contributed by atoms with Gasteiger partial charge in [0.2, 0.25) is 0 Å². The summed E-state index contributed by atoms with van der Waals surface area (Å²) in [4.78, 5) is 16.9. The van der Waals surface area contributed by atoms with Crippen molar-refractivity contribution < 1.29 is 9.53 Å². The summed E-state index contributed by atoms with van der Waals surface area (Å²) in [7, 11) is 0. The summed E-state index contributed by atoms with van der Waals surface area (Å²) in [5.41, 5.74) is 3.94. The Labute approximate surface area is 183 Å². The van der Waals surface area contributed by atoms with Gasteiger partial charge in [0.1, 0.15) is 5.75 Å². The number of aromatic nitrogens is 2. The van der Waals surface area contributed by atoms with Gasteiger partial charge in [0.15, 0.2) is 5.82 Å². The Bertz CT molecular complexity index is 993. The summed E-state index contributed by atoms with van der Waals surface area (Å²) in [6, 6.07) is 19.8. The zero-order valence-corrected chi connectivity index (χ0v) is 18.1. The van der Waals surface area contributed by atoms with Crippen LogP contribution in [0.15, 0.2) is 60.7 Å². The molecule has 1 fully saturated rings. The number of anilines is 1. The van der Waals surface area contributed by atoms with Crippen molar-refractivity contribution in [3.8, 4) is 17.0 Å². The second-order valence-electron chi connectivity index (χ2n) is 7.56. The van der Waals surface area contributed by atoms with Gasteiger partial charge in [-0.25, -0.2) is 0 Å². The maximum absolute atomic E-state index is 12.8. The smallest absolute Gasteiger partial charge is 0.253 e. The molecule has 2 aromatic carbocycles. The highest BCUT2D eigenvalue weighted by molar-refractivity contribution is 5.94. The second kappa shape index (κ2) is 9.60. The Hall–Kier alpha value is -3.41. The summed E-state index contributed by atoms with van der Waals surface area (Å²) in [6.07, 6.45) is 1.03. The Balaban J connectivity index is 1.35. The van der Waals surface area contributed by atoms with Crippen LogP contribution in [0.2, 0.25) is 0 Å². The first-order chi connectivity index (χ1) is 15.2. The van der Waals surface area contributed by atoms with Crippen LogP contribution in [-0.2, 0) is 6.42 Å². The van der Waals surface area contributed by atoms with Crippen LogP contribution >= 0.6 is 0 Å². The Morgan fingerprint density at radius 1 is 0.871 bits per heavy atom. The molecule has 2 heterocycles. The van der Waals surface area contributed by atoms with Crippen LogP contribution in [0.3, 0.4) is 0 Å². The van der Waals surface area contributed by atoms with E-state index >= 15 is 0 Å². The molecule has 0 N–H and O–H groups in total. The van der Waals surface area contributed by atoms with E-state index in [0.29, 0.717) is 25.3 Å². The molecule has 4 rings (SSSR count). The van der Waals surface area contributed by atoms with Crippen LogP contribution in [0.1, 0.15) is 29.8 Å². The van der Waals surface area contributed by atoms with Gasteiger partial charge in [0.05, 0.1) is 12.3 Å². The number of amides is 1. The predicted molar refractivity (Wildman–Crippen MR) is 123 cm³/mol. The minimum atomic E-state index is 0.0552. The molecule has 0 unspecified atom stereocenters. The standard InChI is InChI=1S/C25H28N4O2/c1-3-19-5-7-20(8-6-19)23-13-14-24(27-26-23)28-15-17-29(18-16-28)25(30)21-9-11-22(12-10-21)31-4-2/h5-14H,3-4,15-18H2,1-2H3. The van der Waals surface area contributed by atoms with Gasteiger partial charge >= 0.3 is 0 Å². The molecule has 6 nitrogen and oxygen atoms in total. The average molecular weight is 417 g/mol. The van der Waals surface area contributed by atoms with Crippen molar-refractivity contribution in [1.29, 1.82) is 0 Å². The summed E-state index contributed by atoms with van der Waals surface area (Å²) in [6.45, 7) is 7.51. The number of aryl methyl sites for hydroxylation is 1. The molecule has 1 saturated heterocycles. The van der Waals surface area contributed by atoms with Crippen molar-refractivity contribution in [2.75, 3.05) is 37.7 Å². The lowest BCUT2D eigenvalue weighted by molar-refractivity contribution is 0.0746. The molecule has 0 bridgehead atoms. The molecule has 0 atom stereocenters. The average Bonchev–Trinajstić information content (AvgIpc) is 2.85. The lowest BCUT2D eigenvalue weighted by Gasteiger charge is -2.35. The molecular formula is C25H28N4O2. The van der Waals surface area contributed by atoms with E-state index in [-0.39, 0.29) is 5.91 Å². The molecule has 1 aliphatic heterocycles. The van der Waals surface area contributed by atoms with Crippen LogP contribution in [0.5, 0.6) is 5.75 Å². The van der Waals surface area contributed by atoms with E-state index < -0.39 is 0 Å². The quantitative estimate of drug-likeness (QED) is 0.606. The summed E-state index contributed by atoms with van der Waals surface area (Å²) < 4.78 is 5.45. The summed E-state index contributed by atoms with van der Waals surface area (Å²) in [5.74, 6) is 1.69. The number of carbonyl (C=O) groups is 1. The molecule has 1 amide bonds. The van der Waals surface area contributed by atoms with E-state index in [4.69, 9.17) is 4.74 Å². The van der Waals surface area contributed by atoms with E-state index in [0.717, 1.165) is 42.3 Å². The second-order valence-corrected chi connectivity index (χ2v) is 7.56. The zero-order chi connectivity index (χ0) is 21.6. The summed E-state index contributed by atoms with van der Waals surface area (Å²) >= 11 is 0.